The Labute approximate surface area is 215 Å². The Morgan fingerprint density at radius 1 is 0.946 bits per heavy atom. The molecule has 1 unspecified atom stereocenters. The lowest BCUT2D eigenvalue weighted by atomic mass is 10.0. The van der Waals surface area contributed by atoms with E-state index in [1.54, 1.807) is 32.7 Å². The minimum Gasteiger partial charge on any atom is -0.493 e. The lowest BCUT2D eigenvalue weighted by Crippen LogP contribution is -2.22. The van der Waals surface area contributed by atoms with Gasteiger partial charge in [-0.1, -0.05) is 30.3 Å². The highest BCUT2D eigenvalue weighted by Crippen LogP contribution is 2.37. The summed E-state index contributed by atoms with van der Waals surface area (Å²) in [4.78, 5) is 24.1. The number of pyridine rings is 2. The molecule has 4 aromatic rings. The van der Waals surface area contributed by atoms with Gasteiger partial charge in [0.15, 0.2) is 17.3 Å². The summed E-state index contributed by atoms with van der Waals surface area (Å²) in [5.74, 6) is 3.15. The van der Waals surface area contributed by atoms with Gasteiger partial charge >= 0.3 is 0 Å². The summed E-state index contributed by atoms with van der Waals surface area (Å²) in [5.41, 5.74) is 3.43. The molecule has 1 aliphatic heterocycles. The zero-order valence-corrected chi connectivity index (χ0v) is 21.2. The van der Waals surface area contributed by atoms with Crippen LogP contribution in [-0.4, -0.2) is 48.5 Å². The maximum Gasteiger partial charge on any atom is 0.189 e. The quantitative estimate of drug-likeness (QED) is 0.348. The molecule has 2 aromatic heterocycles. The molecule has 0 radical (unpaired) electrons. The first-order valence-electron chi connectivity index (χ1n) is 11.9. The Morgan fingerprint density at radius 3 is 2.41 bits per heavy atom. The van der Waals surface area contributed by atoms with Gasteiger partial charge in [-0.15, -0.1) is 0 Å². The van der Waals surface area contributed by atoms with Crippen LogP contribution in [0.5, 0.6) is 23.0 Å². The number of Topliss-reactive ketones (excluding diaryl/α,β-unsaturated/α-hetero) is 1. The number of fused-ring (bicyclic) bond motifs is 1. The lowest BCUT2D eigenvalue weighted by molar-refractivity contribution is -0.118. The highest BCUT2D eigenvalue weighted by atomic mass is 16.5. The monoisotopic (exact) mass is 496 g/mol. The average Bonchev–Trinajstić information content (AvgIpc) is 3.15. The first-order valence-corrected chi connectivity index (χ1v) is 11.9. The molecule has 0 saturated heterocycles. The van der Waals surface area contributed by atoms with Crippen LogP contribution in [0.2, 0.25) is 0 Å². The van der Waals surface area contributed by atoms with E-state index in [0.717, 1.165) is 27.7 Å². The number of carbonyl (C=O) groups excluding carboxylic acids is 1. The molecule has 0 saturated carbocycles. The number of rotatable bonds is 8. The Balaban J connectivity index is 1.29. The third-order valence-electron chi connectivity index (χ3n) is 6.63. The van der Waals surface area contributed by atoms with Crippen molar-refractivity contribution in [3.63, 3.8) is 0 Å². The number of anilines is 1. The normalized spacial score (nSPS) is 15.3. The van der Waals surface area contributed by atoms with Crippen LogP contribution in [0.1, 0.15) is 18.5 Å². The van der Waals surface area contributed by atoms with Gasteiger partial charge in [0.05, 0.1) is 25.9 Å². The molecule has 37 heavy (non-hydrogen) atoms. The van der Waals surface area contributed by atoms with E-state index in [-0.39, 0.29) is 11.8 Å². The van der Waals surface area contributed by atoms with Crippen molar-refractivity contribution in [3.8, 4) is 23.0 Å². The smallest absolute Gasteiger partial charge is 0.189 e. The minimum atomic E-state index is -0.296. The lowest BCUT2D eigenvalue weighted by Gasteiger charge is -2.22. The highest BCUT2D eigenvalue weighted by molar-refractivity contribution is 6.03. The van der Waals surface area contributed by atoms with Crippen molar-refractivity contribution in [1.82, 2.24) is 14.9 Å². The largest absolute Gasteiger partial charge is 0.493 e. The fourth-order valence-electron chi connectivity index (χ4n) is 4.54. The van der Waals surface area contributed by atoms with Crippen molar-refractivity contribution >= 4 is 22.5 Å². The number of likely N-dealkylation sites (N-methyl/N-ethyl adjacent to an activating group) is 1. The predicted octanol–water partition coefficient (Wildman–Crippen LogP) is 5.38. The van der Waals surface area contributed by atoms with Gasteiger partial charge in [0.25, 0.3) is 0 Å². The van der Waals surface area contributed by atoms with Gasteiger partial charge in [-0.05, 0) is 36.8 Å². The van der Waals surface area contributed by atoms with Gasteiger partial charge in [0.1, 0.15) is 23.4 Å². The molecule has 5 rings (SSSR count). The fourth-order valence-corrected chi connectivity index (χ4v) is 4.54. The number of nitrogens with one attached hydrogen (secondary N) is 1. The summed E-state index contributed by atoms with van der Waals surface area (Å²) in [6.07, 6.45) is 3.33. The molecule has 8 nitrogen and oxygen atoms in total. The Hall–Kier alpha value is -4.59. The molecule has 0 bridgehead atoms. The Kier molecular flexibility index (Phi) is 6.64. The number of carbonyl (C=O) groups is 1. The minimum absolute atomic E-state index is 0.107. The van der Waals surface area contributed by atoms with E-state index >= 15 is 0 Å². The molecule has 1 aliphatic rings. The van der Waals surface area contributed by atoms with Gasteiger partial charge in [-0.3, -0.25) is 9.78 Å². The molecule has 0 aliphatic carbocycles. The van der Waals surface area contributed by atoms with E-state index < -0.39 is 0 Å². The standard InChI is InChI=1S/C29H28N4O4/c1-18-22(29(34)28(33(18)2)19-8-6-5-7-9-19)17-32-27-11-10-20(16-31-27)37-24-12-13-30-23-15-26(36-4)25(35-3)14-21(23)24/h5-16,28H,17H2,1-4H3,(H,31,32). The summed E-state index contributed by atoms with van der Waals surface area (Å²) in [6.45, 7) is 2.37. The summed E-state index contributed by atoms with van der Waals surface area (Å²) in [7, 11) is 5.13. The molecule has 8 heteroatoms. The molecular formula is C29H28N4O4. The SMILES string of the molecule is COc1cc2nccc(Oc3ccc(NCC4=C(C)N(C)C(c5ccccc5)C4=O)nc3)c2cc1OC. The third kappa shape index (κ3) is 4.65. The van der Waals surface area contributed by atoms with Crippen LogP contribution < -0.4 is 19.5 Å². The second-order valence-corrected chi connectivity index (χ2v) is 8.72. The average molecular weight is 497 g/mol. The van der Waals surface area contributed by atoms with E-state index in [0.29, 0.717) is 35.4 Å². The van der Waals surface area contributed by atoms with E-state index in [9.17, 15) is 4.79 Å². The molecule has 1 N–H and O–H groups in total. The second-order valence-electron chi connectivity index (χ2n) is 8.72. The summed E-state index contributed by atoms with van der Waals surface area (Å²) in [6, 6.07) is 18.7. The van der Waals surface area contributed by atoms with Crippen LogP contribution in [0.25, 0.3) is 10.9 Å². The predicted molar refractivity (Wildman–Crippen MR) is 142 cm³/mol. The van der Waals surface area contributed by atoms with Crippen molar-refractivity contribution < 1.29 is 19.0 Å². The first-order chi connectivity index (χ1) is 18.0. The molecule has 3 heterocycles. The molecule has 0 spiro atoms. The van der Waals surface area contributed by atoms with Crippen LogP contribution in [0, 0.1) is 0 Å². The first kappa shape index (κ1) is 24.1. The maximum absolute atomic E-state index is 13.2. The number of methoxy groups -OCH3 is 2. The second kappa shape index (κ2) is 10.2. The number of ketones is 1. The van der Waals surface area contributed by atoms with Gasteiger partial charge in [0, 0.05) is 42.5 Å². The van der Waals surface area contributed by atoms with E-state index in [2.05, 4.69) is 15.3 Å². The number of hydrogen-bond acceptors (Lipinski definition) is 8. The van der Waals surface area contributed by atoms with Gasteiger partial charge < -0.3 is 24.4 Å². The van der Waals surface area contributed by atoms with Crippen LogP contribution in [-0.2, 0) is 4.79 Å². The van der Waals surface area contributed by atoms with Gasteiger partial charge in [-0.25, -0.2) is 4.98 Å². The summed E-state index contributed by atoms with van der Waals surface area (Å²) >= 11 is 0. The van der Waals surface area contributed by atoms with Crippen LogP contribution in [0.4, 0.5) is 5.82 Å². The van der Waals surface area contributed by atoms with Crippen molar-refractivity contribution in [3.05, 3.63) is 89.9 Å². The topological polar surface area (TPSA) is 85.8 Å². The van der Waals surface area contributed by atoms with Crippen molar-refractivity contribution in [2.45, 2.75) is 13.0 Å². The Bertz CT molecular complexity index is 1470. The Morgan fingerprint density at radius 2 is 1.70 bits per heavy atom. The molecule has 2 aromatic carbocycles. The number of aromatic nitrogens is 2. The van der Waals surface area contributed by atoms with Gasteiger partial charge in [-0.2, -0.15) is 0 Å². The van der Waals surface area contributed by atoms with Crippen molar-refractivity contribution in [1.29, 1.82) is 0 Å². The molecule has 0 amide bonds. The third-order valence-corrected chi connectivity index (χ3v) is 6.63. The number of nitrogens with zero attached hydrogens (tertiary/aromatic N) is 3. The zero-order valence-electron chi connectivity index (χ0n) is 21.2. The number of ether oxygens (including phenoxy) is 3. The van der Waals surface area contributed by atoms with Crippen LogP contribution in [0.3, 0.4) is 0 Å². The van der Waals surface area contributed by atoms with E-state index in [1.165, 1.54) is 0 Å². The van der Waals surface area contributed by atoms with E-state index in [1.807, 2.05) is 73.5 Å². The van der Waals surface area contributed by atoms with Crippen molar-refractivity contribution in [2.24, 2.45) is 0 Å². The number of benzene rings is 2. The van der Waals surface area contributed by atoms with Crippen LogP contribution >= 0.6 is 0 Å². The zero-order chi connectivity index (χ0) is 25.9. The highest BCUT2D eigenvalue weighted by Gasteiger charge is 2.36. The summed E-state index contributed by atoms with van der Waals surface area (Å²) in [5, 5.41) is 4.07. The van der Waals surface area contributed by atoms with Crippen LogP contribution in [0.15, 0.2) is 84.3 Å². The molecule has 188 valence electrons. The molecular weight excluding hydrogens is 468 g/mol. The van der Waals surface area contributed by atoms with E-state index in [4.69, 9.17) is 14.2 Å². The fraction of sp³-hybridized carbons (Fsp3) is 0.207. The molecule has 0 fully saturated rings. The number of hydrogen-bond donors (Lipinski definition) is 1. The van der Waals surface area contributed by atoms with Gasteiger partial charge in [0.2, 0.25) is 0 Å². The maximum atomic E-state index is 13.2. The summed E-state index contributed by atoms with van der Waals surface area (Å²) < 4.78 is 16.9. The molecule has 1 atom stereocenters. The van der Waals surface area contributed by atoms with Crippen molar-refractivity contribution in [2.75, 3.05) is 33.1 Å². The number of allylic oxidation sites excluding steroid dienone is 1.